The molecule has 0 heterocycles. The van der Waals surface area contributed by atoms with Gasteiger partial charge in [0, 0.05) is 11.0 Å². The zero-order chi connectivity index (χ0) is 9.78. The van der Waals surface area contributed by atoms with Crippen LogP contribution >= 0.6 is 21.6 Å². The van der Waals surface area contributed by atoms with Crippen molar-refractivity contribution in [3.05, 3.63) is 0 Å². The van der Waals surface area contributed by atoms with Gasteiger partial charge in [-0.3, -0.25) is 0 Å². The van der Waals surface area contributed by atoms with Crippen LogP contribution in [0.15, 0.2) is 0 Å². The van der Waals surface area contributed by atoms with Gasteiger partial charge in [0.15, 0.2) is 0 Å². The highest BCUT2D eigenvalue weighted by Crippen LogP contribution is 2.38. The van der Waals surface area contributed by atoms with E-state index in [0.717, 1.165) is 11.2 Å². The molecule has 0 rings (SSSR count). The Morgan fingerprint density at radius 3 is 2.00 bits per heavy atom. The van der Waals surface area contributed by atoms with Crippen molar-refractivity contribution < 1.29 is 0 Å². The molecule has 0 amide bonds. The Bertz CT molecular complexity index is 115. The summed E-state index contributed by atoms with van der Waals surface area (Å²) in [6.07, 6.45) is 0. The highest BCUT2D eigenvalue weighted by Gasteiger charge is 2.25. The smallest absolute Gasteiger partial charge is 0.0153 e. The minimum Gasteiger partial charge on any atom is -0.0942 e. The molecule has 0 aliphatic rings. The van der Waals surface area contributed by atoms with Gasteiger partial charge in [0.1, 0.15) is 0 Å². The summed E-state index contributed by atoms with van der Waals surface area (Å²) in [5.41, 5.74) is 0.445. The topological polar surface area (TPSA) is 0 Å². The van der Waals surface area contributed by atoms with Crippen LogP contribution < -0.4 is 0 Å². The first kappa shape index (κ1) is 12.7. The largest absolute Gasteiger partial charge is 0.0942 e. The van der Waals surface area contributed by atoms with E-state index < -0.39 is 0 Å². The van der Waals surface area contributed by atoms with Gasteiger partial charge in [0.25, 0.3) is 0 Å². The molecule has 0 nitrogen and oxygen atoms in total. The predicted octanol–water partition coefficient (Wildman–Crippen LogP) is 4.46. The van der Waals surface area contributed by atoms with Gasteiger partial charge in [-0.05, 0) is 11.3 Å². The van der Waals surface area contributed by atoms with Crippen LogP contribution in [0, 0.1) is 11.3 Å². The minimum absolute atomic E-state index is 0.445. The summed E-state index contributed by atoms with van der Waals surface area (Å²) in [6.45, 7) is 13.9. The van der Waals surface area contributed by atoms with Crippen LogP contribution in [-0.4, -0.2) is 11.0 Å². The molecule has 0 aromatic carbocycles. The lowest BCUT2D eigenvalue weighted by molar-refractivity contribution is 0.261. The van der Waals surface area contributed by atoms with Gasteiger partial charge in [-0.1, -0.05) is 63.1 Å². The van der Waals surface area contributed by atoms with Crippen LogP contribution in [0.2, 0.25) is 0 Å². The lowest BCUT2D eigenvalue weighted by Gasteiger charge is -2.31. The third-order valence-electron chi connectivity index (χ3n) is 2.41. The highest BCUT2D eigenvalue weighted by atomic mass is 33.1. The molecule has 0 aliphatic carbocycles. The molecule has 12 heavy (non-hydrogen) atoms. The van der Waals surface area contributed by atoms with E-state index in [9.17, 15) is 0 Å². The maximum Gasteiger partial charge on any atom is 0.0153 e. The van der Waals surface area contributed by atoms with Gasteiger partial charge in [-0.15, -0.1) is 0 Å². The summed E-state index contributed by atoms with van der Waals surface area (Å²) < 4.78 is 0. The standard InChI is InChI=1S/C10H22S2/c1-7-11-12-9(3)8(2)10(4,5)6/h8-9H,7H2,1-6H3. The summed E-state index contributed by atoms with van der Waals surface area (Å²) in [5, 5.41) is 0.759. The number of hydrogen-bond donors (Lipinski definition) is 0. The molecule has 2 atom stereocenters. The van der Waals surface area contributed by atoms with Crippen molar-refractivity contribution in [3.63, 3.8) is 0 Å². The third-order valence-corrected chi connectivity index (χ3v) is 5.52. The van der Waals surface area contributed by atoms with Crippen LogP contribution in [0.1, 0.15) is 41.5 Å². The molecule has 0 aliphatic heterocycles. The van der Waals surface area contributed by atoms with Crippen molar-refractivity contribution >= 4 is 21.6 Å². The molecule has 0 spiro atoms. The first-order chi connectivity index (χ1) is 5.39. The van der Waals surface area contributed by atoms with Crippen LogP contribution in [0.5, 0.6) is 0 Å². The van der Waals surface area contributed by atoms with Crippen molar-refractivity contribution in [1.29, 1.82) is 0 Å². The monoisotopic (exact) mass is 206 g/mol. The molecule has 0 bridgehead atoms. The van der Waals surface area contributed by atoms with E-state index in [1.54, 1.807) is 0 Å². The lowest BCUT2D eigenvalue weighted by Crippen LogP contribution is -2.25. The Morgan fingerprint density at radius 1 is 1.17 bits per heavy atom. The van der Waals surface area contributed by atoms with Crippen LogP contribution in [-0.2, 0) is 0 Å². The zero-order valence-electron chi connectivity index (χ0n) is 9.18. The Labute approximate surface area is 85.7 Å². The Morgan fingerprint density at radius 2 is 1.67 bits per heavy atom. The normalized spacial score (nSPS) is 17.5. The average Bonchev–Trinajstić information content (AvgIpc) is 1.97. The van der Waals surface area contributed by atoms with Crippen LogP contribution in [0.25, 0.3) is 0 Å². The number of rotatable bonds is 4. The van der Waals surface area contributed by atoms with Crippen LogP contribution in [0.3, 0.4) is 0 Å². The predicted molar refractivity (Wildman–Crippen MR) is 63.8 cm³/mol. The molecule has 0 fully saturated rings. The first-order valence-corrected chi connectivity index (χ1v) is 7.06. The molecule has 0 aromatic rings. The van der Waals surface area contributed by atoms with Crippen molar-refractivity contribution in [1.82, 2.24) is 0 Å². The summed E-state index contributed by atoms with van der Waals surface area (Å²) in [5.74, 6) is 1.99. The van der Waals surface area contributed by atoms with Crippen molar-refractivity contribution in [2.24, 2.45) is 11.3 Å². The summed E-state index contributed by atoms with van der Waals surface area (Å²) >= 11 is 0. The van der Waals surface area contributed by atoms with Crippen molar-refractivity contribution in [2.75, 3.05) is 5.75 Å². The number of hydrogen-bond acceptors (Lipinski definition) is 2. The second-order valence-corrected chi connectivity index (χ2v) is 7.40. The van der Waals surface area contributed by atoms with E-state index in [4.69, 9.17) is 0 Å². The molecular formula is C10H22S2. The molecule has 0 aromatic heterocycles. The van der Waals surface area contributed by atoms with Crippen molar-refractivity contribution in [2.45, 2.75) is 46.8 Å². The zero-order valence-corrected chi connectivity index (χ0v) is 10.8. The van der Waals surface area contributed by atoms with Gasteiger partial charge in [0.2, 0.25) is 0 Å². The van der Waals surface area contributed by atoms with E-state index >= 15 is 0 Å². The quantitative estimate of drug-likeness (QED) is 0.623. The molecule has 0 saturated heterocycles. The lowest BCUT2D eigenvalue weighted by atomic mass is 9.80. The molecule has 2 heteroatoms. The highest BCUT2D eigenvalue weighted by molar-refractivity contribution is 8.76. The molecule has 0 N–H and O–H groups in total. The third kappa shape index (κ3) is 4.66. The van der Waals surface area contributed by atoms with Gasteiger partial charge in [-0.25, -0.2) is 0 Å². The summed E-state index contributed by atoms with van der Waals surface area (Å²) in [7, 11) is 4.01. The van der Waals surface area contributed by atoms with E-state index in [1.165, 1.54) is 5.75 Å². The van der Waals surface area contributed by atoms with Gasteiger partial charge >= 0.3 is 0 Å². The van der Waals surface area contributed by atoms with E-state index in [2.05, 4.69) is 41.5 Å². The Balaban J connectivity index is 3.84. The van der Waals surface area contributed by atoms with Crippen LogP contribution in [0.4, 0.5) is 0 Å². The Kier molecular flexibility index (Phi) is 5.75. The SMILES string of the molecule is CCSSC(C)C(C)C(C)(C)C. The fourth-order valence-corrected chi connectivity index (χ4v) is 3.44. The molecule has 0 saturated carbocycles. The average molecular weight is 206 g/mol. The summed E-state index contributed by atoms with van der Waals surface area (Å²) in [6, 6.07) is 0. The summed E-state index contributed by atoms with van der Waals surface area (Å²) in [4.78, 5) is 0. The van der Waals surface area contributed by atoms with E-state index in [1.807, 2.05) is 21.6 Å². The molecular weight excluding hydrogens is 184 g/mol. The van der Waals surface area contributed by atoms with Crippen molar-refractivity contribution in [3.8, 4) is 0 Å². The fourth-order valence-electron chi connectivity index (χ4n) is 0.963. The first-order valence-electron chi connectivity index (χ1n) is 4.67. The second-order valence-electron chi connectivity index (χ2n) is 4.36. The van der Waals surface area contributed by atoms with E-state index in [-0.39, 0.29) is 0 Å². The van der Waals surface area contributed by atoms with E-state index in [0.29, 0.717) is 5.41 Å². The molecule has 74 valence electrons. The van der Waals surface area contributed by atoms with Gasteiger partial charge in [0.05, 0.1) is 0 Å². The fraction of sp³-hybridized carbons (Fsp3) is 1.00. The minimum atomic E-state index is 0.445. The molecule has 2 unspecified atom stereocenters. The maximum atomic E-state index is 2.36. The molecule has 0 radical (unpaired) electrons. The second kappa shape index (κ2) is 5.43. The maximum absolute atomic E-state index is 2.36. The van der Waals surface area contributed by atoms with Gasteiger partial charge < -0.3 is 0 Å². The Hall–Kier alpha value is 0.700. The van der Waals surface area contributed by atoms with Gasteiger partial charge in [-0.2, -0.15) is 0 Å².